The number of furan rings is 1. The number of ether oxygens (including phenoxy) is 2. The van der Waals surface area contributed by atoms with Crippen LogP contribution in [0, 0.1) is 0 Å². The zero-order valence-corrected chi connectivity index (χ0v) is 19.3. The van der Waals surface area contributed by atoms with E-state index in [2.05, 4.69) is 41.2 Å². The minimum atomic E-state index is 0.186. The van der Waals surface area contributed by atoms with Crippen molar-refractivity contribution in [3.05, 3.63) is 47.9 Å². The largest absolute Gasteiger partial charge is 0.493 e. The van der Waals surface area contributed by atoms with Crippen LogP contribution in [0.5, 0.6) is 11.5 Å². The molecule has 31 heavy (non-hydrogen) atoms. The SMILES string of the molecule is CCNC(=NCC(c1ccco1)N1CCCC1)N(C)CCc1ccc(OC)c(OC)c1. The van der Waals surface area contributed by atoms with E-state index in [0.717, 1.165) is 55.8 Å². The fraction of sp³-hybridized carbons (Fsp3) is 0.542. The molecule has 1 saturated heterocycles. The van der Waals surface area contributed by atoms with Crippen molar-refractivity contribution in [3.63, 3.8) is 0 Å². The van der Waals surface area contributed by atoms with Crippen molar-refractivity contribution < 1.29 is 13.9 Å². The maximum absolute atomic E-state index is 5.74. The molecule has 1 fully saturated rings. The van der Waals surface area contributed by atoms with Gasteiger partial charge in [0, 0.05) is 20.1 Å². The van der Waals surface area contributed by atoms with Crippen LogP contribution in [0.1, 0.15) is 37.1 Å². The summed E-state index contributed by atoms with van der Waals surface area (Å²) in [7, 11) is 5.40. The summed E-state index contributed by atoms with van der Waals surface area (Å²) in [6.45, 7) is 6.66. The van der Waals surface area contributed by atoms with Gasteiger partial charge in [0.1, 0.15) is 5.76 Å². The predicted molar refractivity (Wildman–Crippen MR) is 124 cm³/mol. The molecule has 1 N–H and O–H groups in total. The Hall–Kier alpha value is -2.67. The number of nitrogens with zero attached hydrogens (tertiary/aromatic N) is 3. The number of likely N-dealkylation sites (tertiary alicyclic amines) is 1. The second-order valence-corrected chi connectivity index (χ2v) is 7.83. The summed E-state index contributed by atoms with van der Waals surface area (Å²) in [5, 5.41) is 3.43. The Bertz CT molecular complexity index is 816. The molecule has 0 amide bonds. The number of hydrogen-bond acceptors (Lipinski definition) is 5. The average molecular weight is 429 g/mol. The topological polar surface area (TPSA) is 62.5 Å². The van der Waals surface area contributed by atoms with Crippen molar-refractivity contribution in [1.29, 1.82) is 0 Å². The van der Waals surface area contributed by atoms with Crippen LogP contribution in [0.2, 0.25) is 0 Å². The second kappa shape index (κ2) is 11.6. The quantitative estimate of drug-likeness (QED) is 0.461. The lowest BCUT2D eigenvalue weighted by Crippen LogP contribution is -2.40. The van der Waals surface area contributed by atoms with E-state index < -0.39 is 0 Å². The molecule has 0 saturated carbocycles. The number of benzene rings is 1. The van der Waals surface area contributed by atoms with Gasteiger partial charge in [-0.25, -0.2) is 0 Å². The van der Waals surface area contributed by atoms with Gasteiger partial charge in [-0.3, -0.25) is 9.89 Å². The van der Waals surface area contributed by atoms with Crippen LogP contribution in [0.3, 0.4) is 0 Å². The summed E-state index contributed by atoms with van der Waals surface area (Å²) in [6.07, 6.45) is 5.12. The molecule has 7 heteroatoms. The second-order valence-electron chi connectivity index (χ2n) is 7.83. The minimum Gasteiger partial charge on any atom is -0.493 e. The fourth-order valence-corrected chi connectivity index (χ4v) is 4.00. The van der Waals surface area contributed by atoms with Crippen LogP contribution in [0.15, 0.2) is 46.0 Å². The Morgan fingerprint density at radius 2 is 1.97 bits per heavy atom. The van der Waals surface area contributed by atoms with Gasteiger partial charge < -0.3 is 24.1 Å². The lowest BCUT2D eigenvalue weighted by Gasteiger charge is -2.26. The van der Waals surface area contributed by atoms with Crippen molar-refractivity contribution in [3.8, 4) is 11.5 Å². The molecule has 0 radical (unpaired) electrons. The average Bonchev–Trinajstić information content (AvgIpc) is 3.51. The number of likely N-dealkylation sites (N-methyl/N-ethyl adjacent to an activating group) is 1. The Balaban J connectivity index is 1.66. The van der Waals surface area contributed by atoms with Gasteiger partial charge >= 0.3 is 0 Å². The van der Waals surface area contributed by atoms with Crippen molar-refractivity contribution in [1.82, 2.24) is 15.1 Å². The minimum absolute atomic E-state index is 0.186. The van der Waals surface area contributed by atoms with Crippen molar-refractivity contribution >= 4 is 5.96 Å². The van der Waals surface area contributed by atoms with Gasteiger partial charge in [0.25, 0.3) is 0 Å². The molecule has 2 heterocycles. The number of aliphatic imine (C=N–C) groups is 1. The lowest BCUT2D eigenvalue weighted by molar-refractivity contribution is 0.220. The number of rotatable bonds is 10. The molecular weight excluding hydrogens is 392 g/mol. The highest BCUT2D eigenvalue weighted by Gasteiger charge is 2.25. The molecule has 3 rings (SSSR count). The summed E-state index contributed by atoms with van der Waals surface area (Å²) in [5.41, 5.74) is 1.20. The van der Waals surface area contributed by atoms with Gasteiger partial charge in [0.2, 0.25) is 0 Å². The summed E-state index contributed by atoms with van der Waals surface area (Å²) < 4.78 is 16.5. The molecule has 1 aliphatic heterocycles. The normalized spacial score (nSPS) is 15.7. The van der Waals surface area contributed by atoms with Crippen LogP contribution in [-0.4, -0.2) is 69.8 Å². The van der Waals surface area contributed by atoms with Gasteiger partial charge in [-0.2, -0.15) is 0 Å². The van der Waals surface area contributed by atoms with E-state index in [0.29, 0.717) is 6.54 Å². The zero-order valence-electron chi connectivity index (χ0n) is 19.3. The van der Waals surface area contributed by atoms with Gasteiger partial charge in [0.15, 0.2) is 17.5 Å². The summed E-state index contributed by atoms with van der Waals surface area (Å²) in [6, 6.07) is 10.3. The van der Waals surface area contributed by atoms with Crippen LogP contribution in [0.25, 0.3) is 0 Å². The van der Waals surface area contributed by atoms with Crippen molar-refractivity contribution in [2.45, 2.75) is 32.2 Å². The Kier molecular flexibility index (Phi) is 8.64. The summed E-state index contributed by atoms with van der Waals surface area (Å²) in [5.74, 6) is 3.42. The van der Waals surface area contributed by atoms with Crippen LogP contribution in [-0.2, 0) is 6.42 Å². The van der Waals surface area contributed by atoms with Crippen LogP contribution < -0.4 is 14.8 Å². The van der Waals surface area contributed by atoms with E-state index in [4.69, 9.17) is 18.9 Å². The molecule has 1 aromatic heterocycles. The fourth-order valence-electron chi connectivity index (χ4n) is 4.00. The first-order valence-corrected chi connectivity index (χ1v) is 11.1. The highest BCUT2D eigenvalue weighted by molar-refractivity contribution is 5.79. The molecule has 170 valence electrons. The van der Waals surface area contributed by atoms with E-state index in [1.165, 1.54) is 18.4 Å². The third-order valence-electron chi connectivity index (χ3n) is 5.75. The van der Waals surface area contributed by atoms with E-state index >= 15 is 0 Å². The van der Waals surface area contributed by atoms with Gasteiger partial charge in [-0.05, 0) is 69.1 Å². The predicted octanol–water partition coefficient (Wildman–Crippen LogP) is 3.57. The number of methoxy groups -OCH3 is 2. The van der Waals surface area contributed by atoms with E-state index in [1.807, 2.05) is 18.2 Å². The number of hydrogen-bond donors (Lipinski definition) is 1. The van der Waals surface area contributed by atoms with Crippen LogP contribution in [0.4, 0.5) is 0 Å². The van der Waals surface area contributed by atoms with E-state index in [9.17, 15) is 0 Å². The lowest BCUT2D eigenvalue weighted by atomic mass is 10.1. The molecule has 1 aromatic carbocycles. The summed E-state index contributed by atoms with van der Waals surface area (Å²) in [4.78, 5) is 9.64. The highest BCUT2D eigenvalue weighted by Crippen LogP contribution is 2.28. The maximum atomic E-state index is 5.74. The maximum Gasteiger partial charge on any atom is 0.193 e. The monoisotopic (exact) mass is 428 g/mol. The molecule has 2 aromatic rings. The molecule has 0 spiro atoms. The Morgan fingerprint density at radius 1 is 1.19 bits per heavy atom. The van der Waals surface area contributed by atoms with Crippen LogP contribution >= 0.6 is 0 Å². The Morgan fingerprint density at radius 3 is 2.61 bits per heavy atom. The van der Waals surface area contributed by atoms with Crippen molar-refractivity contribution in [2.24, 2.45) is 4.99 Å². The molecule has 1 unspecified atom stereocenters. The zero-order chi connectivity index (χ0) is 22.1. The number of nitrogens with one attached hydrogen (secondary N) is 1. The molecule has 7 nitrogen and oxygen atoms in total. The molecule has 0 bridgehead atoms. The smallest absolute Gasteiger partial charge is 0.193 e. The first-order chi connectivity index (χ1) is 15.2. The Labute approximate surface area is 186 Å². The first kappa shape index (κ1) is 23.0. The third-order valence-corrected chi connectivity index (χ3v) is 5.75. The molecular formula is C24H36N4O3. The molecule has 0 aliphatic carbocycles. The van der Waals surface area contributed by atoms with Gasteiger partial charge in [-0.1, -0.05) is 6.07 Å². The van der Waals surface area contributed by atoms with E-state index in [1.54, 1.807) is 20.5 Å². The highest BCUT2D eigenvalue weighted by atomic mass is 16.5. The number of guanidine groups is 1. The van der Waals surface area contributed by atoms with Gasteiger partial charge in [-0.15, -0.1) is 0 Å². The summed E-state index contributed by atoms with van der Waals surface area (Å²) >= 11 is 0. The van der Waals surface area contributed by atoms with Gasteiger partial charge in [0.05, 0.1) is 33.1 Å². The van der Waals surface area contributed by atoms with Crippen molar-refractivity contribution in [2.75, 3.05) is 54.0 Å². The third kappa shape index (κ3) is 6.17. The molecule has 1 atom stereocenters. The standard InChI is InChI=1S/C24H36N4O3/c1-5-25-24(26-18-20(21-9-8-16-31-21)28-13-6-7-14-28)27(2)15-12-19-10-11-22(29-3)23(17-19)30-4/h8-11,16-17,20H,5-7,12-15,18H2,1-4H3,(H,25,26). The van der Waals surface area contributed by atoms with E-state index in [-0.39, 0.29) is 6.04 Å². The molecule has 1 aliphatic rings. The first-order valence-electron chi connectivity index (χ1n) is 11.1.